The lowest BCUT2D eigenvalue weighted by Crippen LogP contribution is -2.36. The van der Waals surface area contributed by atoms with E-state index in [0.29, 0.717) is 24.5 Å². The van der Waals surface area contributed by atoms with Crippen molar-refractivity contribution in [2.24, 2.45) is 10.7 Å². The van der Waals surface area contributed by atoms with Crippen LogP contribution in [0.4, 0.5) is 0 Å². The maximum Gasteiger partial charge on any atom is 0.300 e. The van der Waals surface area contributed by atoms with Gasteiger partial charge in [0.25, 0.3) is 21.1 Å². The third-order valence-electron chi connectivity index (χ3n) is 4.16. The first-order valence-corrected chi connectivity index (χ1v) is 13.5. The first kappa shape index (κ1) is 31.2. The van der Waals surface area contributed by atoms with Crippen molar-refractivity contribution in [3.63, 3.8) is 0 Å². The average Bonchev–Trinajstić information content (AvgIpc) is 3.08. The van der Waals surface area contributed by atoms with Crippen molar-refractivity contribution >= 4 is 67.6 Å². The Hall–Kier alpha value is -2.84. The predicted octanol–water partition coefficient (Wildman–Crippen LogP) is 1.51. The molecule has 0 spiro atoms. The summed E-state index contributed by atoms with van der Waals surface area (Å²) in [5, 5.41) is 17.8. The van der Waals surface area contributed by atoms with Crippen LogP contribution in [0.15, 0.2) is 41.2 Å². The van der Waals surface area contributed by atoms with Crippen LogP contribution in [-0.4, -0.2) is 60.1 Å². The maximum atomic E-state index is 11.1. The van der Waals surface area contributed by atoms with Gasteiger partial charge in [-0.15, -0.1) is 0 Å². The Morgan fingerprint density at radius 1 is 1.31 bits per heavy atom. The van der Waals surface area contributed by atoms with Crippen LogP contribution in [0.3, 0.4) is 0 Å². The maximum absolute atomic E-state index is 11.1. The van der Waals surface area contributed by atoms with E-state index in [4.69, 9.17) is 41.7 Å². The number of aromatic nitrogens is 1. The number of aliphatic carboxylic acids is 2. The number of allylic oxidation sites excluding steroid dienone is 1. The highest BCUT2D eigenvalue weighted by Crippen LogP contribution is 2.26. The van der Waals surface area contributed by atoms with Gasteiger partial charge in [-0.2, -0.15) is 13.0 Å². The number of hydrogen-bond donors (Lipinski definition) is 3. The van der Waals surface area contributed by atoms with E-state index in [1.165, 1.54) is 0 Å². The lowest BCUT2D eigenvalue weighted by molar-refractivity contribution is -0.668. The zero-order chi connectivity index (χ0) is 27.3. The summed E-state index contributed by atoms with van der Waals surface area (Å²) in [6.07, 6.45) is 8.80. The molecule has 0 fully saturated rings. The van der Waals surface area contributed by atoms with Gasteiger partial charge in [0.1, 0.15) is 4.70 Å². The molecule has 2 heterocycles. The molecule has 1 aliphatic heterocycles. The number of halogens is 1. The number of rotatable bonds is 8. The predicted molar refractivity (Wildman–Crippen MR) is 138 cm³/mol. The number of fused-ring (bicyclic) bond motifs is 1. The van der Waals surface area contributed by atoms with Crippen LogP contribution in [0.2, 0.25) is 5.02 Å². The fourth-order valence-electron chi connectivity index (χ4n) is 2.83. The number of aryl methyl sites for hydroxylation is 1. The number of aliphatic imine (C=N–C) groups is 1. The van der Waals surface area contributed by atoms with Crippen molar-refractivity contribution < 1.29 is 37.3 Å². The fraction of sp³-hybridized carbons (Fsp3) is 0.364. The monoisotopic (exact) mass is 560 g/mol. The highest BCUT2D eigenvalue weighted by Gasteiger charge is 2.21. The van der Waals surface area contributed by atoms with Crippen LogP contribution in [0.25, 0.3) is 16.3 Å². The second kappa shape index (κ2) is 15.3. The van der Waals surface area contributed by atoms with Crippen molar-refractivity contribution in [3.8, 4) is 0 Å². The molecule has 0 unspecified atom stereocenters. The summed E-state index contributed by atoms with van der Waals surface area (Å²) >= 11 is 7.72. The summed E-state index contributed by atoms with van der Waals surface area (Å²) in [4.78, 5) is 24.3. The van der Waals surface area contributed by atoms with Crippen molar-refractivity contribution in [2.75, 3.05) is 18.8 Å². The summed E-state index contributed by atoms with van der Waals surface area (Å²) in [5.41, 5.74) is 7.26. The van der Waals surface area contributed by atoms with Crippen molar-refractivity contribution in [1.82, 2.24) is 4.90 Å². The molecule has 0 radical (unpaired) electrons. The van der Waals surface area contributed by atoms with E-state index in [9.17, 15) is 8.42 Å². The SMILES string of the molecule is CC(=O)O.CC(=O)[O-].NCCCN1C=C/C(=C/c2sc3ccc(Cl)cc3[n+]2CCCS(=O)(=O)O)N=C1. The van der Waals surface area contributed by atoms with E-state index in [2.05, 4.69) is 4.99 Å². The Balaban J connectivity index is 0.000000709. The third-order valence-corrected chi connectivity index (χ3v) is 6.31. The van der Waals surface area contributed by atoms with Gasteiger partial charge in [0.05, 0.1) is 17.8 Å². The number of carbonyl (C=O) groups excluding carboxylic acids is 1. The minimum Gasteiger partial charge on any atom is -0.550 e. The normalized spacial score (nSPS) is 13.7. The molecule has 14 heteroatoms. The number of carboxylic acids is 2. The number of nitrogens with two attached hydrogens (primary N) is 1. The molecule has 0 saturated carbocycles. The van der Waals surface area contributed by atoms with Crippen LogP contribution < -0.4 is 15.4 Å². The topological polar surface area (TPSA) is 177 Å². The molecule has 0 bridgehead atoms. The van der Waals surface area contributed by atoms with Crippen molar-refractivity contribution in [2.45, 2.75) is 33.2 Å². The van der Waals surface area contributed by atoms with Crippen LogP contribution in [0, 0.1) is 0 Å². The summed E-state index contributed by atoms with van der Waals surface area (Å²) < 4.78 is 34.2. The zero-order valence-electron chi connectivity index (χ0n) is 19.8. The highest BCUT2D eigenvalue weighted by atomic mass is 35.5. The van der Waals surface area contributed by atoms with Gasteiger partial charge < -0.3 is 25.6 Å². The molecule has 1 aliphatic rings. The first-order chi connectivity index (χ1) is 16.8. The second-order valence-electron chi connectivity index (χ2n) is 7.36. The van der Waals surface area contributed by atoms with Gasteiger partial charge in [-0.05, 0) is 38.1 Å². The summed E-state index contributed by atoms with van der Waals surface area (Å²) in [5.74, 6) is -2.21. The first-order valence-electron chi connectivity index (χ1n) is 10.7. The highest BCUT2D eigenvalue weighted by molar-refractivity contribution is 7.85. The Kier molecular flexibility index (Phi) is 13.3. The van der Waals surface area contributed by atoms with Crippen LogP contribution in [-0.2, 0) is 26.3 Å². The minimum atomic E-state index is -3.99. The smallest absolute Gasteiger partial charge is 0.300 e. The molecule has 36 heavy (non-hydrogen) atoms. The minimum absolute atomic E-state index is 0.290. The van der Waals surface area contributed by atoms with Crippen LogP contribution >= 0.6 is 22.9 Å². The van der Waals surface area contributed by atoms with E-state index in [1.807, 2.05) is 46.0 Å². The van der Waals surface area contributed by atoms with Gasteiger partial charge in [-0.1, -0.05) is 22.9 Å². The van der Waals surface area contributed by atoms with Crippen LogP contribution in [0.1, 0.15) is 31.7 Å². The molecule has 0 amide bonds. The van der Waals surface area contributed by atoms with E-state index in [0.717, 1.165) is 47.7 Å². The molecule has 2 aromatic rings. The van der Waals surface area contributed by atoms with Gasteiger partial charge in [-0.25, -0.2) is 4.99 Å². The molecule has 0 atom stereocenters. The zero-order valence-corrected chi connectivity index (χ0v) is 22.2. The Bertz CT molecular complexity index is 1200. The Morgan fingerprint density at radius 2 is 1.94 bits per heavy atom. The van der Waals surface area contributed by atoms with E-state index in [1.54, 1.807) is 17.7 Å². The van der Waals surface area contributed by atoms with Crippen LogP contribution in [0.5, 0.6) is 0 Å². The van der Waals surface area contributed by atoms with E-state index in [-0.39, 0.29) is 5.75 Å². The molecular formula is C22H29ClN4O7S2. The van der Waals surface area contributed by atoms with Gasteiger partial charge in [0.15, 0.2) is 6.54 Å². The van der Waals surface area contributed by atoms with E-state index >= 15 is 0 Å². The quantitative estimate of drug-likeness (QED) is 0.319. The third kappa shape index (κ3) is 12.7. The number of hydrogen-bond acceptors (Lipinski definition) is 9. The summed E-state index contributed by atoms with van der Waals surface area (Å²) in [6.45, 7) is 3.95. The standard InChI is InChI=1S/C18H21ClN4O3S2.2C2H4O2/c19-14-3-4-17-16(11-14)23(8-2-10-28(24,25)26)18(27-17)12-15-5-9-22(13-21-15)7-1-6-20;2*1-2(3)4/h3-5,9,11-13H,1-2,6-8,10,20H2;2*1H3,(H,3,4). The fourth-order valence-corrected chi connectivity index (χ4v) is 4.60. The summed E-state index contributed by atoms with van der Waals surface area (Å²) in [7, 11) is -3.99. The lowest BCUT2D eigenvalue weighted by atomic mass is 10.3. The largest absolute Gasteiger partial charge is 0.550 e. The molecule has 0 saturated heterocycles. The number of thiazole rings is 1. The van der Waals surface area contributed by atoms with Crippen molar-refractivity contribution in [1.29, 1.82) is 0 Å². The molecule has 3 rings (SSSR count). The number of carbonyl (C=O) groups is 2. The molecule has 1 aromatic heterocycles. The number of benzene rings is 1. The Labute approximate surface area is 218 Å². The van der Waals surface area contributed by atoms with Gasteiger partial charge in [-0.3, -0.25) is 9.35 Å². The molecule has 1 aromatic carbocycles. The van der Waals surface area contributed by atoms with Gasteiger partial charge in [0.2, 0.25) is 5.52 Å². The molecule has 198 valence electrons. The molecule has 0 aliphatic carbocycles. The summed E-state index contributed by atoms with van der Waals surface area (Å²) in [6, 6.07) is 5.63. The Morgan fingerprint density at radius 3 is 2.47 bits per heavy atom. The molecule has 11 nitrogen and oxygen atoms in total. The average molecular weight is 561 g/mol. The second-order valence-corrected chi connectivity index (χ2v) is 10.4. The number of nitrogens with zero attached hydrogens (tertiary/aromatic N) is 3. The molecular weight excluding hydrogens is 532 g/mol. The molecule has 4 N–H and O–H groups in total. The van der Waals surface area contributed by atoms with Gasteiger partial charge in [0, 0.05) is 49.2 Å². The van der Waals surface area contributed by atoms with Crippen molar-refractivity contribution in [3.05, 3.63) is 46.2 Å². The van der Waals surface area contributed by atoms with E-state index < -0.39 is 22.1 Å². The number of carboxylic acid groups (broad SMARTS) is 2. The van der Waals surface area contributed by atoms with Gasteiger partial charge >= 0.3 is 0 Å². The lowest BCUT2D eigenvalue weighted by Gasteiger charge is -2.16.